The highest BCUT2D eigenvalue weighted by Gasteiger charge is 2.27. The zero-order valence-electron chi connectivity index (χ0n) is 6.51. The van der Waals surface area contributed by atoms with Crippen molar-refractivity contribution in [1.82, 2.24) is 4.98 Å². The van der Waals surface area contributed by atoms with E-state index in [1.165, 1.54) is 13.1 Å². The Morgan fingerprint density at radius 1 is 1.46 bits per heavy atom. The molecule has 0 radical (unpaired) electrons. The summed E-state index contributed by atoms with van der Waals surface area (Å²) in [6.07, 6.45) is 1.18. The highest BCUT2D eigenvalue weighted by atomic mass is 32.3. The Hall–Kier alpha value is -1.50. The maximum absolute atomic E-state index is 10.9. The van der Waals surface area contributed by atoms with Crippen LogP contribution in [0.25, 0.3) is 0 Å². The molecule has 0 fully saturated rings. The molecule has 0 aromatic carbocycles. The van der Waals surface area contributed by atoms with Crippen molar-refractivity contribution in [2.75, 3.05) is 0 Å². The molecule has 0 saturated carbocycles. The lowest BCUT2D eigenvalue weighted by Gasteiger charge is -1.98. The summed E-state index contributed by atoms with van der Waals surface area (Å²) in [5.74, 6) is -0.712. The van der Waals surface area contributed by atoms with Crippen molar-refractivity contribution in [2.45, 2.75) is 6.92 Å². The second-order valence-electron chi connectivity index (χ2n) is 2.48. The smallest absolute Gasteiger partial charge is 0.502 e. The van der Waals surface area contributed by atoms with Crippen molar-refractivity contribution < 1.29 is 21.9 Å². The molecule has 13 heavy (non-hydrogen) atoms. The molecule has 1 aromatic rings. The molecule has 70 valence electrons. The summed E-state index contributed by atoms with van der Waals surface area (Å²) in [5.41, 5.74) is 0.283. The van der Waals surface area contributed by atoms with Crippen molar-refractivity contribution in [3.8, 4) is 17.4 Å². The van der Waals surface area contributed by atoms with Gasteiger partial charge in [0, 0.05) is 5.56 Å². The van der Waals surface area contributed by atoms with E-state index in [2.05, 4.69) is 13.4 Å². The topological polar surface area (TPSA) is 85.7 Å². The molecule has 0 aliphatic carbocycles. The SMILES string of the molecule is Cc1c2cnc(c1O)OS(=O)(=O)O2. The van der Waals surface area contributed by atoms with Crippen molar-refractivity contribution in [1.29, 1.82) is 0 Å². The Balaban J connectivity index is 2.74. The maximum Gasteiger partial charge on any atom is 0.502 e. The van der Waals surface area contributed by atoms with Gasteiger partial charge in [-0.3, -0.25) is 0 Å². The molecule has 2 bridgehead atoms. The Bertz CT molecular complexity index is 429. The first-order chi connectivity index (χ1) is 5.99. The van der Waals surface area contributed by atoms with Gasteiger partial charge in [0.1, 0.15) is 0 Å². The zero-order valence-corrected chi connectivity index (χ0v) is 7.33. The van der Waals surface area contributed by atoms with Gasteiger partial charge in [-0.25, -0.2) is 4.98 Å². The first-order valence-electron chi connectivity index (χ1n) is 3.32. The number of hydrogen-bond acceptors (Lipinski definition) is 6. The van der Waals surface area contributed by atoms with Gasteiger partial charge < -0.3 is 13.5 Å². The van der Waals surface area contributed by atoms with Gasteiger partial charge >= 0.3 is 10.4 Å². The summed E-state index contributed by atoms with van der Waals surface area (Å²) in [7, 11) is -4.12. The van der Waals surface area contributed by atoms with Crippen molar-refractivity contribution in [2.24, 2.45) is 0 Å². The van der Waals surface area contributed by atoms with E-state index >= 15 is 0 Å². The number of pyridine rings is 1. The third-order valence-corrected chi connectivity index (χ3v) is 2.34. The van der Waals surface area contributed by atoms with Crippen LogP contribution >= 0.6 is 0 Å². The van der Waals surface area contributed by atoms with Crippen LogP contribution in [0.15, 0.2) is 6.20 Å². The van der Waals surface area contributed by atoms with Crippen molar-refractivity contribution in [3.05, 3.63) is 11.8 Å². The number of hydrogen-bond donors (Lipinski definition) is 1. The van der Waals surface area contributed by atoms with E-state index < -0.39 is 10.4 Å². The number of aromatic nitrogens is 1. The van der Waals surface area contributed by atoms with Gasteiger partial charge in [0.25, 0.3) is 5.88 Å². The Morgan fingerprint density at radius 3 is 2.85 bits per heavy atom. The summed E-state index contributed by atoms with van der Waals surface area (Å²) in [5, 5.41) is 9.32. The summed E-state index contributed by atoms with van der Waals surface area (Å²) in [6, 6.07) is 0. The zero-order chi connectivity index (χ0) is 9.64. The fourth-order valence-electron chi connectivity index (χ4n) is 0.921. The van der Waals surface area contributed by atoms with Gasteiger partial charge in [0.05, 0.1) is 6.20 Å². The van der Waals surface area contributed by atoms with E-state index in [0.717, 1.165) is 0 Å². The van der Waals surface area contributed by atoms with Crippen LogP contribution in [0.3, 0.4) is 0 Å². The molecule has 3 rings (SSSR count). The molecule has 0 amide bonds. The predicted molar refractivity (Wildman–Crippen MR) is 40.8 cm³/mol. The van der Waals surface area contributed by atoms with Gasteiger partial charge in [-0.2, -0.15) is 0 Å². The molecule has 1 N–H and O–H groups in total. The molecule has 1 aromatic heterocycles. The molecule has 6 nitrogen and oxygen atoms in total. The molecule has 0 spiro atoms. The Kier molecular flexibility index (Phi) is 1.41. The Morgan fingerprint density at radius 2 is 2.15 bits per heavy atom. The first kappa shape index (κ1) is 8.11. The van der Waals surface area contributed by atoms with E-state index in [1.807, 2.05) is 0 Å². The summed E-state index contributed by atoms with van der Waals surface area (Å²) in [4.78, 5) is 3.54. The summed E-state index contributed by atoms with van der Waals surface area (Å²) in [6.45, 7) is 1.50. The van der Waals surface area contributed by atoms with Crippen LogP contribution in [-0.4, -0.2) is 18.5 Å². The van der Waals surface area contributed by atoms with Crippen LogP contribution in [0, 0.1) is 6.92 Å². The highest BCUT2D eigenvalue weighted by Crippen LogP contribution is 2.37. The van der Waals surface area contributed by atoms with Crippen LogP contribution in [0.2, 0.25) is 0 Å². The lowest BCUT2D eigenvalue weighted by Crippen LogP contribution is -2.14. The Labute approximate surface area is 74.1 Å². The standard InChI is InChI=1S/C6H5NO5S/c1-3-4-2-7-6(5(3)8)12-13(9,10)11-4/h2,8H,1H3. The summed E-state index contributed by atoms with van der Waals surface area (Å²) >= 11 is 0. The molecular weight excluding hydrogens is 198 g/mol. The minimum atomic E-state index is -4.12. The van der Waals surface area contributed by atoms with E-state index in [4.69, 9.17) is 0 Å². The molecule has 3 heterocycles. The van der Waals surface area contributed by atoms with Crippen molar-refractivity contribution >= 4 is 10.4 Å². The summed E-state index contributed by atoms with van der Waals surface area (Å²) < 4.78 is 30.6. The average molecular weight is 203 g/mol. The molecule has 0 saturated heterocycles. The highest BCUT2D eigenvalue weighted by molar-refractivity contribution is 7.82. The molecule has 2 aliphatic rings. The normalized spacial score (nSPS) is 17.3. The first-order valence-corrected chi connectivity index (χ1v) is 4.65. The minimum absolute atomic E-state index is 0.0289. The maximum atomic E-state index is 10.9. The molecular formula is C6H5NO5S. The number of rotatable bonds is 0. The van der Waals surface area contributed by atoms with E-state index in [0.29, 0.717) is 0 Å². The molecule has 0 unspecified atom stereocenters. The predicted octanol–water partition coefficient (Wildman–Crippen LogP) is 0.112. The van der Waals surface area contributed by atoms with Gasteiger partial charge in [-0.05, 0) is 6.92 Å². The van der Waals surface area contributed by atoms with E-state index in [-0.39, 0.29) is 22.9 Å². The van der Waals surface area contributed by atoms with Crippen LogP contribution < -0.4 is 8.37 Å². The third kappa shape index (κ3) is 1.17. The second kappa shape index (κ2) is 2.25. The molecule has 7 heteroatoms. The fraction of sp³-hybridized carbons (Fsp3) is 0.167. The van der Waals surface area contributed by atoms with Crippen LogP contribution in [0.5, 0.6) is 17.4 Å². The van der Waals surface area contributed by atoms with Gasteiger partial charge in [0.2, 0.25) is 0 Å². The van der Waals surface area contributed by atoms with Crippen LogP contribution in [-0.2, 0) is 10.4 Å². The van der Waals surface area contributed by atoms with Crippen LogP contribution in [0.1, 0.15) is 5.56 Å². The number of nitrogens with zero attached hydrogens (tertiary/aromatic N) is 1. The van der Waals surface area contributed by atoms with Crippen molar-refractivity contribution in [3.63, 3.8) is 0 Å². The monoisotopic (exact) mass is 203 g/mol. The van der Waals surface area contributed by atoms with Gasteiger partial charge in [-0.15, -0.1) is 8.42 Å². The molecule has 2 aliphatic heterocycles. The largest absolute Gasteiger partial charge is 0.503 e. The number of aromatic hydroxyl groups is 1. The van der Waals surface area contributed by atoms with E-state index in [1.54, 1.807) is 0 Å². The minimum Gasteiger partial charge on any atom is -0.503 e. The molecule has 0 atom stereocenters. The second-order valence-corrected chi connectivity index (χ2v) is 3.63. The number of fused-ring (bicyclic) bond motifs is 4. The third-order valence-electron chi connectivity index (χ3n) is 1.60. The van der Waals surface area contributed by atoms with Crippen LogP contribution in [0.4, 0.5) is 0 Å². The fourth-order valence-corrected chi connectivity index (χ4v) is 1.66. The van der Waals surface area contributed by atoms with Gasteiger partial charge in [-0.1, -0.05) is 0 Å². The van der Waals surface area contributed by atoms with E-state index in [9.17, 15) is 13.5 Å². The lowest BCUT2D eigenvalue weighted by molar-refractivity contribution is 0.385. The average Bonchev–Trinajstić information content (AvgIpc) is 2.22. The lowest BCUT2D eigenvalue weighted by atomic mass is 10.2. The van der Waals surface area contributed by atoms with Gasteiger partial charge in [0.15, 0.2) is 11.5 Å². The quantitative estimate of drug-likeness (QED) is 0.644.